The smallest absolute Gasteiger partial charge is 0.414 e. The van der Waals surface area contributed by atoms with Gasteiger partial charge in [-0.25, -0.2) is 18.0 Å². The van der Waals surface area contributed by atoms with Gasteiger partial charge in [0.2, 0.25) is 5.91 Å². The summed E-state index contributed by atoms with van der Waals surface area (Å²) >= 11 is 0. The molecule has 0 saturated carbocycles. The fourth-order valence-electron chi connectivity index (χ4n) is 4.77. The molecule has 2 aliphatic rings. The van der Waals surface area contributed by atoms with Crippen LogP contribution in [0.4, 0.5) is 29.3 Å². The zero-order chi connectivity index (χ0) is 25.2. The molecule has 184 valence electrons. The maximum Gasteiger partial charge on any atom is 0.414 e. The number of ether oxygens (including phenoxy) is 1. The number of halogens is 3. The molecule has 0 aliphatic carbocycles. The molecule has 0 aromatic heterocycles. The molecule has 1 N–H and O–H groups in total. The summed E-state index contributed by atoms with van der Waals surface area (Å²) in [5.74, 6) is -2.44. The molecule has 35 heavy (non-hydrogen) atoms. The number of amides is 2. The number of likely N-dealkylation sites (tertiary alicyclic amines) is 1. The van der Waals surface area contributed by atoms with Crippen molar-refractivity contribution >= 4 is 23.4 Å². The summed E-state index contributed by atoms with van der Waals surface area (Å²) in [6.07, 6.45) is 2.88. The Kier molecular flexibility index (Phi) is 6.98. The summed E-state index contributed by atoms with van der Waals surface area (Å²) in [5, 5.41) is 12.6. The van der Waals surface area contributed by atoms with E-state index in [0.717, 1.165) is 6.07 Å². The number of nitrogens with one attached hydrogen (secondary N) is 1. The Hall–Kier alpha value is -3.58. The van der Waals surface area contributed by atoms with E-state index >= 15 is 4.39 Å². The number of hydrogen-bond acceptors (Lipinski definition) is 4. The van der Waals surface area contributed by atoms with Crippen molar-refractivity contribution in [3.05, 3.63) is 59.4 Å². The summed E-state index contributed by atoms with van der Waals surface area (Å²) in [7, 11) is 0. The second-order valence-corrected chi connectivity index (χ2v) is 9.10. The van der Waals surface area contributed by atoms with Crippen LogP contribution in [0.3, 0.4) is 0 Å². The predicted molar refractivity (Wildman–Crippen MR) is 123 cm³/mol. The lowest BCUT2D eigenvalue weighted by Crippen LogP contribution is -2.51. The van der Waals surface area contributed by atoms with Crippen molar-refractivity contribution < 1.29 is 27.5 Å². The highest BCUT2D eigenvalue weighted by Gasteiger charge is 2.40. The Morgan fingerprint density at radius 1 is 1.14 bits per heavy atom. The fourth-order valence-corrected chi connectivity index (χ4v) is 4.77. The maximum atomic E-state index is 15.2. The maximum absolute atomic E-state index is 15.2. The molecule has 2 aromatic carbocycles. The van der Waals surface area contributed by atoms with E-state index in [1.165, 1.54) is 30.0 Å². The number of rotatable bonds is 6. The first-order valence-corrected chi connectivity index (χ1v) is 11.5. The average molecular weight is 488 g/mol. The van der Waals surface area contributed by atoms with Crippen molar-refractivity contribution in [1.82, 2.24) is 9.80 Å². The van der Waals surface area contributed by atoms with Crippen LogP contribution in [0.2, 0.25) is 0 Å². The van der Waals surface area contributed by atoms with Gasteiger partial charge in [0.15, 0.2) is 23.1 Å². The predicted octanol–water partition coefficient (Wildman–Crippen LogP) is 4.01. The van der Waals surface area contributed by atoms with E-state index in [0.29, 0.717) is 43.6 Å². The number of hydrogen-bond donors (Lipinski definition) is 1. The zero-order valence-corrected chi connectivity index (χ0v) is 19.3. The summed E-state index contributed by atoms with van der Waals surface area (Å²) in [4.78, 5) is 24.6. The van der Waals surface area contributed by atoms with E-state index in [9.17, 15) is 23.6 Å². The van der Waals surface area contributed by atoms with E-state index in [2.05, 4.69) is 11.5 Å². The van der Waals surface area contributed by atoms with E-state index in [1.807, 2.05) is 0 Å². The number of carbonyl (C=O) groups is 2. The van der Waals surface area contributed by atoms with Gasteiger partial charge in [0.25, 0.3) is 0 Å². The molecular weight excluding hydrogens is 461 g/mol. The number of anilines is 1. The highest BCUT2D eigenvalue weighted by molar-refractivity contribution is 5.90. The van der Waals surface area contributed by atoms with Gasteiger partial charge in [0.05, 0.1) is 31.9 Å². The normalized spacial score (nSPS) is 24.1. The molecule has 1 unspecified atom stereocenters. The molecular formula is C25H26F3N4O3+. The molecule has 2 amide bonds. The van der Waals surface area contributed by atoms with Crippen LogP contribution in [0.5, 0.6) is 0 Å². The lowest BCUT2D eigenvalue weighted by molar-refractivity contribution is -0.119. The van der Waals surface area contributed by atoms with Crippen LogP contribution in [0.25, 0.3) is 0 Å². The summed E-state index contributed by atoms with van der Waals surface area (Å²) in [5.41, 5.74) is 1.23. The SMILES string of the molecule is CC(=O)NCC1CN(c2ccc([N+]3(C#N)CCC(Cc4ccc(F)c(F)c4)CC3)c(F)c2)C(=O)O1. The third-order valence-corrected chi connectivity index (χ3v) is 6.69. The zero-order valence-electron chi connectivity index (χ0n) is 19.3. The molecule has 2 fully saturated rings. The Balaban J connectivity index is 1.43. The monoisotopic (exact) mass is 487 g/mol. The first-order chi connectivity index (χ1) is 16.7. The Bertz CT molecular complexity index is 1180. The van der Waals surface area contributed by atoms with Crippen LogP contribution < -0.4 is 14.7 Å². The summed E-state index contributed by atoms with van der Waals surface area (Å²) in [6, 6.07) is 8.20. The molecule has 0 spiro atoms. The number of nitrogens with zero attached hydrogens (tertiary/aromatic N) is 3. The van der Waals surface area contributed by atoms with Crippen LogP contribution in [0.1, 0.15) is 25.3 Å². The molecule has 4 rings (SSSR count). The highest BCUT2D eigenvalue weighted by Crippen LogP contribution is 2.36. The summed E-state index contributed by atoms with van der Waals surface area (Å²) in [6.45, 7) is 2.46. The fraction of sp³-hybridized carbons (Fsp3) is 0.400. The van der Waals surface area contributed by atoms with E-state index in [-0.39, 0.29) is 35.1 Å². The number of benzene rings is 2. The second kappa shape index (κ2) is 9.96. The van der Waals surface area contributed by atoms with Gasteiger partial charge >= 0.3 is 12.3 Å². The van der Waals surface area contributed by atoms with Crippen molar-refractivity contribution in [3.8, 4) is 6.19 Å². The Morgan fingerprint density at radius 3 is 2.51 bits per heavy atom. The third kappa shape index (κ3) is 5.25. The van der Waals surface area contributed by atoms with Crippen LogP contribution in [-0.2, 0) is 16.0 Å². The number of nitriles is 1. The first kappa shape index (κ1) is 24.5. The molecule has 2 heterocycles. The van der Waals surface area contributed by atoms with Gasteiger partial charge < -0.3 is 10.1 Å². The summed E-state index contributed by atoms with van der Waals surface area (Å²) < 4.78 is 47.0. The van der Waals surface area contributed by atoms with E-state index in [1.54, 1.807) is 12.1 Å². The molecule has 0 bridgehead atoms. The molecule has 2 aromatic rings. The van der Waals surface area contributed by atoms with Crippen molar-refractivity contribution in [3.63, 3.8) is 0 Å². The molecule has 7 nitrogen and oxygen atoms in total. The van der Waals surface area contributed by atoms with Crippen molar-refractivity contribution in [2.75, 3.05) is 31.1 Å². The van der Waals surface area contributed by atoms with Crippen molar-refractivity contribution in [2.45, 2.75) is 32.3 Å². The minimum Gasteiger partial charge on any atom is -0.442 e. The standard InChI is InChI=1S/C25H25F3N4O3/c1-16(33)30-13-20-14-31(25(34)35-20)19-3-5-24(23(28)12-19)32(15-29)8-6-17(7-9-32)10-18-2-4-21(26)22(27)11-18/h2-5,11-12,17,20H,6-10,13-14H2,1H3/p+1. The Morgan fingerprint density at radius 2 is 1.89 bits per heavy atom. The van der Waals surface area contributed by atoms with Crippen molar-refractivity contribution in [2.24, 2.45) is 5.92 Å². The topological polar surface area (TPSA) is 82.4 Å². The number of carbonyl (C=O) groups excluding carboxylic acids is 2. The van der Waals surface area contributed by atoms with Crippen LogP contribution in [-0.4, -0.2) is 44.3 Å². The van der Waals surface area contributed by atoms with E-state index in [4.69, 9.17) is 4.74 Å². The number of cyclic esters (lactones) is 1. The van der Waals surface area contributed by atoms with Gasteiger partial charge in [-0.1, -0.05) is 6.07 Å². The first-order valence-electron chi connectivity index (χ1n) is 11.5. The van der Waals surface area contributed by atoms with Gasteiger partial charge in [-0.3, -0.25) is 9.69 Å². The van der Waals surface area contributed by atoms with Crippen LogP contribution in [0.15, 0.2) is 36.4 Å². The van der Waals surface area contributed by atoms with Gasteiger partial charge in [0.1, 0.15) is 6.10 Å². The van der Waals surface area contributed by atoms with E-state index < -0.39 is 29.6 Å². The van der Waals surface area contributed by atoms with Gasteiger partial charge in [-0.05, 0) is 36.1 Å². The molecule has 2 saturated heterocycles. The van der Waals surface area contributed by atoms with Crippen LogP contribution >= 0.6 is 0 Å². The van der Waals surface area contributed by atoms with Crippen LogP contribution in [0, 0.1) is 34.8 Å². The van der Waals surface area contributed by atoms with Gasteiger partial charge in [-0.15, -0.1) is 5.26 Å². The average Bonchev–Trinajstić information content (AvgIpc) is 3.21. The Labute approximate surface area is 201 Å². The molecule has 10 heteroatoms. The van der Waals surface area contributed by atoms with Gasteiger partial charge in [0, 0.05) is 31.9 Å². The largest absolute Gasteiger partial charge is 0.442 e. The molecule has 1 atom stereocenters. The van der Waals surface area contributed by atoms with Gasteiger partial charge in [-0.2, -0.15) is 4.48 Å². The molecule has 2 aliphatic heterocycles. The lowest BCUT2D eigenvalue weighted by atomic mass is 9.88. The second-order valence-electron chi connectivity index (χ2n) is 9.10. The minimum atomic E-state index is -0.887. The third-order valence-electron chi connectivity index (χ3n) is 6.69. The highest BCUT2D eigenvalue weighted by atomic mass is 19.2. The quantitative estimate of drug-likeness (QED) is 0.493. The lowest BCUT2D eigenvalue weighted by Gasteiger charge is -2.36. The minimum absolute atomic E-state index is 0.165. The number of piperidine rings is 1. The number of quaternary nitrogens is 1. The molecule has 0 radical (unpaired) electrons. The van der Waals surface area contributed by atoms with Crippen molar-refractivity contribution in [1.29, 1.82) is 5.26 Å².